The molecule has 0 aliphatic carbocycles. The third kappa shape index (κ3) is 2.85. The van der Waals surface area contributed by atoms with Gasteiger partial charge < -0.3 is 4.74 Å². The maximum atomic E-state index is 10.9. The Labute approximate surface area is 86.6 Å². The molecule has 0 saturated carbocycles. The first kappa shape index (κ1) is 10.7. The molecule has 1 aromatic rings. The molecule has 0 atom stereocenters. The Hall–Kier alpha value is -1.35. The Morgan fingerprint density at radius 2 is 1.86 bits per heavy atom. The third-order valence-electron chi connectivity index (χ3n) is 1.76. The summed E-state index contributed by atoms with van der Waals surface area (Å²) in [6.45, 7) is 0. The molecule has 0 saturated heterocycles. The van der Waals surface area contributed by atoms with Crippen LogP contribution in [0.1, 0.15) is 15.9 Å². The molecule has 0 unspecified atom stereocenters. The molecule has 74 valence electrons. The third-order valence-corrected chi connectivity index (χ3v) is 1.98. The summed E-state index contributed by atoms with van der Waals surface area (Å²) >= 11 is 5.26. The average Bonchev–Trinajstić information content (AvgIpc) is 2.18. The van der Waals surface area contributed by atoms with Crippen LogP contribution >= 0.6 is 11.6 Å². The van der Waals surface area contributed by atoms with Crippen LogP contribution in [0.15, 0.2) is 24.3 Å². The van der Waals surface area contributed by atoms with Crippen molar-refractivity contribution in [1.29, 1.82) is 0 Å². The van der Waals surface area contributed by atoms with E-state index in [1.54, 1.807) is 24.3 Å². The first-order chi connectivity index (χ1) is 6.63. The molecule has 0 heterocycles. The van der Waals surface area contributed by atoms with E-state index in [1.165, 1.54) is 7.11 Å². The van der Waals surface area contributed by atoms with Crippen LogP contribution in [-0.4, -0.2) is 18.3 Å². The van der Waals surface area contributed by atoms with Gasteiger partial charge in [0, 0.05) is 5.56 Å². The fraction of sp³-hybridized carbons (Fsp3) is 0.200. The van der Waals surface area contributed by atoms with E-state index in [9.17, 15) is 9.59 Å². The number of rotatable bonds is 3. The SMILES string of the molecule is COC(=O)Cc1ccc(C(=O)Cl)cc1. The fourth-order valence-corrected chi connectivity index (χ4v) is 1.12. The molecular weight excluding hydrogens is 204 g/mol. The first-order valence-corrected chi connectivity index (χ1v) is 4.37. The number of hydrogen-bond donors (Lipinski definition) is 0. The summed E-state index contributed by atoms with van der Waals surface area (Å²) in [5.41, 5.74) is 1.21. The molecule has 0 aliphatic heterocycles. The number of methoxy groups -OCH3 is 1. The molecule has 3 nitrogen and oxygen atoms in total. The second-order valence-corrected chi connectivity index (χ2v) is 3.07. The van der Waals surface area contributed by atoms with E-state index < -0.39 is 5.24 Å². The van der Waals surface area contributed by atoms with E-state index in [2.05, 4.69) is 4.74 Å². The Morgan fingerprint density at radius 1 is 1.29 bits per heavy atom. The summed E-state index contributed by atoms with van der Waals surface area (Å²) in [5.74, 6) is -0.310. The Kier molecular flexibility index (Phi) is 3.65. The monoisotopic (exact) mass is 212 g/mol. The summed E-state index contributed by atoms with van der Waals surface area (Å²) < 4.78 is 4.50. The van der Waals surface area contributed by atoms with E-state index >= 15 is 0 Å². The average molecular weight is 213 g/mol. The summed E-state index contributed by atoms with van der Waals surface area (Å²) in [6, 6.07) is 6.50. The van der Waals surface area contributed by atoms with Crippen molar-refractivity contribution in [2.45, 2.75) is 6.42 Å². The minimum absolute atomic E-state index is 0.202. The lowest BCUT2D eigenvalue weighted by Gasteiger charge is -2.00. The van der Waals surface area contributed by atoms with Gasteiger partial charge in [-0.2, -0.15) is 0 Å². The van der Waals surface area contributed by atoms with E-state index in [1.807, 2.05) is 0 Å². The lowest BCUT2D eigenvalue weighted by Crippen LogP contribution is -2.04. The molecule has 0 fully saturated rings. The zero-order valence-corrected chi connectivity index (χ0v) is 8.38. The lowest BCUT2D eigenvalue weighted by molar-refractivity contribution is -0.139. The molecule has 0 radical (unpaired) electrons. The summed E-state index contributed by atoms with van der Waals surface area (Å²) in [7, 11) is 1.33. The Morgan fingerprint density at radius 3 is 2.29 bits per heavy atom. The molecule has 0 bridgehead atoms. The first-order valence-electron chi connectivity index (χ1n) is 3.99. The number of halogens is 1. The summed E-state index contributed by atoms with van der Waals surface area (Å²) in [4.78, 5) is 21.6. The molecule has 0 spiro atoms. The van der Waals surface area contributed by atoms with Crippen molar-refractivity contribution in [3.8, 4) is 0 Å². The highest BCUT2D eigenvalue weighted by Crippen LogP contribution is 2.07. The number of esters is 1. The van der Waals surface area contributed by atoms with E-state index in [-0.39, 0.29) is 12.4 Å². The number of carbonyl (C=O) groups excluding carboxylic acids is 2. The highest BCUT2D eigenvalue weighted by molar-refractivity contribution is 6.67. The molecular formula is C10H9ClO3. The van der Waals surface area contributed by atoms with E-state index in [0.29, 0.717) is 5.56 Å². The minimum Gasteiger partial charge on any atom is -0.469 e. The van der Waals surface area contributed by atoms with Crippen molar-refractivity contribution in [2.75, 3.05) is 7.11 Å². The standard InChI is InChI=1S/C10H9ClO3/c1-14-9(12)6-7-2-4-8(5-3-7)10(11)13/h2-5H,6H2,1H3. The minimum atomic E-state index is -0.505. The van der Waals surface area contributed by atoms with Gasteiger partial charge in [0.15, 0.2) is 0 Å². The largest absolute Gasteiger partial charge is 0.469 e. The van der Waals surface area contributed by atoms with Crippen molar-refractivity contribution < 1.29 is 14.3 Å². The second kappa shape index (κ2) is 4.77. The van der Waals surface area contributed by atoms with Crippen LogP contribution in [0.3, 0.4) is 0 Å². The maximum Gasteiger partial charge on any atom is 0.309 e. The van der Waals surface area contributed by atoms with Crippen LogP contribution in [0.2, 0.25) is 0 Å². The Bertz CT molecular complexity index is 343. The van der Waals surface area contributed by atoms with E-state index in [4.69, 9.17) is 11.6 Å². The van der Waals surface area contributed by atoms with Crippen LogP contribution in [0.25, 0.3) is 0 Å². The highest BCUT2D eigenvalue weighted by Gasteiger charge is 2.04. The lowest BCUT2D eigenvalue weighted by atomic mass is 10.1. The topological polar surface area (TPSA) is 43.4 Å². The van der Waals surface area contributed by atoms with Gasteiger partial charge in [-0.3, -0.25) is 9.59 Å². The molecule has 0 amide bonds. The molecule has 14 heavy (non-hydrogen) atoms. The maximum absolute atomic E-state index is 10.9. The molecule has 1 aromatic carbocycles. The van der Waals surface area contributed by atoms with Gasteiger partial charge in [0.05, 0.1) is 13.5 Å². The van der Waals surface area contributed by atoms with Gasteiger partial charge in [-0.1, -0.05) is 12.1 Å². The zero-order chi connectivity index (χ0) is 10.6. The summed E-state index contributed by atoms with van der Waals surface area (Å²) in [5, 5.41) is -0.505. The highest BCUT2D eigenvalue weighted by atomic mass is 35.5. The van der Waals surface area contributed by atoms with Gasteiger partial charge in [0.1, 0.15) is 0 Å². The van der Waals surface area contributed by atoms with Crippen LogP contribution in [0, 0.1) is 0 Å². The predicted molar refractivity (Wildman–Crippen MR) is 52.3 cm³/mol. The quantitative estimate of drug-likeness (QED) is 0.567. The molecule has 1 rings (SSSR count). The summed E-state index contributed by atoms with van der Waals surface area (Å²) in [6.07, 6.45) is 0.202. The van der Waals surface area contributed by atoms with Gasteiger partial charge in [-0.15, -0.1) is 0 Å². The molecule has 0 aromatic heterocycles. The Balaban J connectivity index is 2.73. The molecule has 0 aliphatic rings. The van der Waals surface area contributed by atoms with Crippen molar-refractivity contribution in [3.63, 3.8) is 0 Å². The van der Waals surface area contributed by atoms with Crippen molar-refractivity contribution in [3.05, 3.63) is 35.4 Å². The molecule has 0 N–H and O–H groups in total. The van der Waals surface area contributed by atoms with Crippen LogP contribution < -0.4 is 0 Å². The van der Waals surface area contributed by atoms with E-state index in [0.717, 1.165) is 5.56 Å². The predicted octanol–water partition coefficient (Wildman–Crippen LogP) is 1.78. The number of benzene rings is 1. The van der Waals surface area contributed by atoms with Crippen LogP contribution in [0.4, 0.5) is 0 Å². The van der Waals surface area contributed by atoms with Crippen LogP contribution in [0.5, 0.6) is 0 Å². The second-order valence-electron chi connectivity index (χ2n) is 2.72. The zero-order valence-electron chi connectivity index (χ0n) is 7.62. The van der Waals surface area contributed by atoms with Gasteiger partial charge in [0.25, 0.3) is 5.24 Å². The molecule has 4 heteroatoms. The van der Waals surface area contributed by atoms with Gasteiger partial charge >= 0.3 is 5.97 Å². The fourth-order valence-electron chi connectivity index (χ4n) is 0.992. The van der Waals surface area contributed by atoms with Crippen molar-refractivity contribution in [2.24, 2.45) is 0 Å². The van der Waals surface area contributed by atoms with Crippen molar-refractivity contribution in [1.82, 2.24) is 0 Å². The van der Waals surface area contributed by atoms with Crippen LogP contribution in [-0.2, 0) is 16.0 Å². The number of carbonyl (C=O) groups is 2. The number of hydrogen-bond acceptors (Lipinski definition) is 3. The van der Waals surface area contributed by atoms with Gasteiger partial charge in [-0.25, -0.2) is 0 Å². The smallest absolute Gasteiger partial charge is 0.309 e. The normalized spacial score (nSPS) is 9.57. The van der Waals surface area contributed by atoms with Gasteiger partial charge in [-0.05, 0) is 29.3 Å². The van der Waals surface area contributed by atoms with Crippen molar-refractivity contribution >= 4 is 22.8 Å². The number of ether oxygens (including phenoxy) is 1. The van der Waals surface area contributed by atoms with Gasteiger partial charge in [0.2, 0.25) is 0 Å².